The SMILES string of the molecule is COc1ccc(Cl)cc1C(=O)NC(Cc1ccccc1)c1ccc2c(c1)OCCCO2. The quantitative estimate of drug-likeness (QED) is 0.574. The summed E-state index contributed by atoms with van der Waals surface area (Å²) in [6.07, 6.45) is 1.46. The third kappa shape index (κ3) is 5.12. The minimum Gasteiger partial charge on any atom is -0.496 e. The van der Waals surface area contributed by atoms with E-state index in [9.17, 15) is 4.79 Å². The lowest BCUT2D eigenvalue weighted by atomic mass is 9.97. The van der Waals surface area contributed by atoms with Crippen molar-refractivity contribution >= 4 is 17.5 Å². The normalized spacial score (nSPS) is 13.7. The maximum Gasteiger partial charge on any atom is 0.255 e. The van der Waals surface area contributed by atoms with Crippen LogP contribution in [0.2, 0.25) is 5.02 Å². The fourth-order valence-corrected chi connectivity index (χ4v) is 3.76. The zero-order chi connectivity index (χ0) is 21.6. The number of benzene rings is 3. The molecule has 4 rings (SSSR count). The predicted molar refractivity (Wildman–Crippen MR) is 120 cm³/mol. The summed E-state index contributed by atoms with van der Waals surface area (Å²) in [4.78, 5) is 13.2. The molecule has 1 heterocycles. The van der Waals surface area contributed by atoms with Crippen LogP contribution < -0.4 is 19.5 Å². The summed E-state index contributed by atoms with van der Waals surface area (Å²) >= 11 is 6.13. The fourth-order valence-electron chi connectivity index (χ4n) is 3.59. The first-order valence-corrected chi connectivity index (χ1v) is 10.6. The van der Waals surface area contributed by atoms with Gasteiger partial charge in [-0.25, -0.2) is 0 Å². The van der Waals surface area contributed by atoms with Gasteiger partial charge in [0.15, 0.2) is 11.5 Å². The van der Waals surface area contributed by atoms with Gasteiger partial charge in [-0.15, -0.1) is 0 Å². The summed E-state index contributed by atoms with van der Waals surface area (Å²) in [6, 6.07) is 20.6. The summed E-state index contributed by atoms with van der Waals surface area (Å²) in [7, 11) is 1.53. The second-order valence-electron chi connectivity index (χ2n) is 7.32. The van der Waals surface area contributed by atoms with Crippen molar-refractivity contribution in [1.29, 1.82) is 0 Å². The van der Waals surface area contributed by atoms with Crippen LogP contribution in [0, 0.1) is 0 Å². The van der Waals surface area contributed by atoms with Crippen molar-refractivity contribution in [2.45, 2.75) is 18.9 Å². The van der Waals surface area contributed by atoms with Gasteiger partial charge in [-0.05, 0) is 47.9 Å². The van der Waals surface area contributed by atoms with E-state index in [1.165, 1.54) is 7.11 Å². The Bertz CT molecular complexity index is 1050. The number of amides is 1. The molecule has 0 radical (unpaired) electrons. The molecule has 5 nitrogen and oxygen atoms in total. The topological polar surface area (TPSA) is 56.8 Å². The van der Waals surface area contributed by atoms with Gasteiger partial charge in [0, 0.05) is 11.4 Å². The van der Waals surface area contributed by atoms with Crippen molar-refractivity contribution in [3.8, 4) is 17.2 Å². The highest BCUT2D eigenvalue weighted by molar-refractivity contribution is 6.31. The maximum atomic E-state index is 13.2. The molecule has 1 amide bonds. The van der Waals surface area contributed by atoms with Crippen LogP contribution in [0.5, 0.6) is 17.2 Å². The summed E-state index contributed by atoms with van der Waals surface area (Å²) in [5.41, 5.74) is 2.43. The van der Waals surface area contributed by atoms with Crippen LogP contribution in [-0.2, 0) is 6.42 Å². The molecule has 0 saturated heterocycles. The molecule has 0 fully saturated rings. The highest BCUT2D eigenvalue weighted by Crippen LogP contribution is 2.33. The Labute approximate surface area is 186 Å². The minimum atomic E-state index is -0.282. The molecule has 1 N–H and O–H groups in total. The number of methoxy groups -OCH3 is 1. The Morgan fingerprint density at radius 3 is 2.58 bits per heavy atom. The molecule has 160 valence electrons. The molecule has 0 aromatic heterocycles. The lowest BCUT2D eigenvalue weighted by molar-refractivity contribution is 0.0933. The van der Waals surface area contributed by atoms with Gasteiger partial charge in [0.1, 0.15) is 5.75 Å². The highest BCUT2D eigenvalue weighted by Gasteiger charge is 2.21. The smallest absolute Gasteiger partial charge is 0.255 e. The average Bonchev–Trinajstić information content (AvgIpc) is 3.04. The molecular weight excluding hydrogens is 414 g/mol. The molecule has 1 aliphatic rings. The van der Waals surface area contributed by atoms with Gasteiger partial charge in [-0.3, -0.25) is 4.79 Å². The van der Waals surface area contributed by atoms with Crippen LogP contribution in [0.4, 0.5) is 0 Å². The van der Waals surface area contributed by atoms with Crippen LogP contribution in [0.25, 0.3) is 0 Å². The Kier molecular flexibility index (Phi) is 6.63. The molecule has 0 saturated carbocycles. The van der Waals surface area contributed by atoms with Crippen molar-refractivity contribution in [2.24, 2.45) is 0 Å². The van der Waals surface area contributed by atoms with Gasteiger partial charge in [0.05, 0.1) is 31.9 Å². The van der Waals surface area contributed by atoms with E-state index in [2.05, 4.69) is 5.32 Å². The summed E-state index contributed by atoms with van der Waals surface area (Å²) in [5.74, 6) is 1.64. The third-order valence-electron chi connectivity index (χ3n) is 5.17. The zero-order valence-electron chi connectivity index (χ0n) is 17.3. The van der Waals surface area contributed by atoms with E-state index >= 15 is 0 Å². The van der Waals surface area contributed by atoms with Crippen LogP contribution in [0.15, 0.2) is 66.7 Å². The number of halogens is 1. The van der Waals surface area contributed by atoms with Gasteiger partial charge in [-0.2, -0.15) is 0 Å². The molecule has 0 spiro atoms. The average molecular weight is 438 g/mol. The maximum absolute atomic E-state index is 13.2. The predicted octanol–water partition coefficient (Wildman–Crippen LogP) is 5.22. The Balaban J connectivity index is 1.66. The van der Waals surface area contributed by atoms with E-state index < -0.39 is 0 Å². The summed E-state index contributed by atoms with van der Waals surface area (Å²) in [6.45, 7) is 1.23. The molecule has 1 atom stereocenters. The molecular formula is C25H24ClNO4. The number of hydrogen-bond donors (Lipinski definition) is 1. The largest absolute Gasteiger partial charge is 0.496 e. The first kappa shape index (κ1) is 21.1. The molecule has 1 unspecified atom stereocenters. The molecule has 3 aromatic carbocycles. The number of fused-ring (bicyclic) bond motifs is 1. The van der Waals surface area contributed by atoms with Gasteiger partial charge in [-0.1, -0.05) is 48.0 Å². The van der Waals surface area contributed by atoms with Crippen LogP contribution in [0.3, 0.4) is 0 Å². The van der Waals surface area contributed by atoms with Crippen molar-refractivity contribution in [3.05, 3.63) is 88.4 Å². The molecule has 1 aliphatic heterocycles. The van der Waals surface area contributed by atoms with Gasteiger partial charge < -0.3 is 19.5 Å². The highest BCUT2D eigenvalue weighted by atomic mass is 35.5. The number of hydrogen-bond acceptors (Lipinski definition) is 4. The molecule has 6 heteroatoms. The number of ether oxygens (including phenoxy) is 3. The summed E-state index contributed by atoms with van der Waals surface area (Å²) in [5, 5.41) is 3.62. The number of carbonyl (C=O) groups is 1. The third-order valence-corrected chi connectivity index (χ3v) is 5.40. The van der Waals surface area contributed by atoms with Crippen molar-refractivity contribution in [1.82, 2.24) is 5.32 Å². The van der Waals surface area contributed by atoms with E-state index in [-0.39, 0.29) is 11.9 Å². The lowest BCUT2D eigenvalue weighted by Gasteiger charge is -2.21. The number of nitrogens with one attached hydrogen (secondary N) is 1. The van der Waals surface area contributed by atoms with E-state index in [1.54, 1.807) is 18.2 Å². The first-order chi connectivity index (χ1) is 15.1. The summed E-state index contributed by atoms with van der Waals surface area (Å²) < 4.78 is 17.0. The zero-order valence-corrected chi connectivity index (χ0v) is 18.0. The van der Waals surface area contributed by atoms with E-state index in [4.69, 9.17) is 25.8 Å². The van der Waals surface area contributed by atoms with E-state index in [0.29, 0.717) is 41.7 Å². The molecule has 3 aromatic rings. The van der Waals surface area contributed by atoms with Crippen LogP contribution >= 0.6 is 11.6 Å². The van der Waals surface area contributed by atoms with Gasteiger partial charge in [0.2, 0.25) is 0 Å². The number of rotatable bonds is 6. The fraction of sp³-hybridized carbons (Fsp3) is 0.240. The second kappa shape index (κ2) is 9.75. The van der Waals surface area contributed by atoms with Crippen molar-refractivity contribution < 1.29 is 19.0 Å². The Hall–Kier alpha value is -3.18. The van der Waals surface area contributed by atoms with Gasteiger partial charge in [0.25, 0.3) is 5.91 Å². The van der Waals surface area contributed by atoms with Crippen molar-refractivity contribution in [2.75, 3.05) is 20.3 Å². The van der Waals surface area contributed by atoms with E-state index in [1.807, 2.05) is 48.5 Å². The number of carbonyl (C=O) groups excluding carboxylic acids is 1. The monoisotopic (exact) mass is 437 g/mol. The standard InChI is InChI=1S/C25H24ClNO4/c1-29-22-11-9-19(26)16-20(22)25(28)27-21(14-17-6-3-2-4-7-17)18-8-10-23-24(15-18)31-13-5-12-30-23/h2-4,6-11,15-16,21H,5,12-14H2,1H3,(H,27,28). The second-order valence-corrected chi connectivity index (χ2v) is 7.75. The molecule has 31 heavy (non-hydrogen) atoms. The lowest BCUT2D eigenvalue weighted by Crippen LogP contribution is -2.30. The van der Waals surface area contributed by atoms with Crippen molar-refractivity contribution in [3.63, 3.8) is 0 Å². The van der Waals surface area contributed by atoms with E-state index in [0.717, 1.165) is 23.3 Å². The Morgan fingerprint density at radius 1 is 1.03 bits per heavy atom. The van der Waals surface area contributed by atoms with Crippen LogP contribution in [0.1, 0.15) is 33.9 Å². The van der Waals surface area contributed by atoms with Gasteiger partial charge >= 0.3 is 0 Å². The molecule has 0 aliphatic carbocycles. The minimum absolute atomic E-state index is 0.257. The first-order valence-electron chi connectivity index (χ1n) is 10.2. The van der Waals surface area contributed by atoms with Crippen LogP contribution in [-0.4, -0.2) is 26.2 Å². The molecule has 0 bridgehead atoms. The Morgan fingerprint density at radius 2 is 1.81 bits per heavy atom.